The van der Waals surface area contributed by atoms with Gasteiger partial charge in [-0.15, -0.1) is 11.3 Å². The first-order chi connectivity index (χ1) is 17.5. The minimum absolute atomic E-state index is 0.302. The molecule has 1 aliphatic carbocycles. The molecule has 2 N–H and O–H groups in total. The summed E-state index contributed by atoms with van der Waals surface area (Å²) >= 11 is 1.44. The Bertz CT molecular complexity index is 1500. The third-order valence-electron chi connectivity index (χ3n) is 6.25. The van der Waals surface area contributed by atoms with Crippen molar-refractivity contribution in [3.8, 4) is 23.2 Å². The van der Waals surface area contributed by atoms with Gasteiger partial charge in [-0.1, -0.05) is 0 Å². The summed E-state index contributed by atoms with van der Waals surface area (Å²) < 4.78 is 10.6. The topological polar surface area (TPSA) is 117 Å². The number of benzene rings is 2. The number of nitrogens with zero attached hydrogens (tertiary/aromatic N) is 2. The molecule has 5 rings (SSSR count). The number of amides is 1. The fraction of sp³-hybridized carbons (Fsp3) is 0.259. The second-order valence-electron chi connectivity index (χ2n) is 8.61. The van der Waals surface area contributed by atoms with Crippen molar-refractivity contribution in [1.82, 2.24) is 9.97 Å². The van der Waals surface area contributed by atoms with Crippen LogP contribution in [0.25, 0.3) is 22.4 Å². The maximum atomic E-state index is 12.8. The van der Waals surface area contributed by atoms with Crippen LogP contribution in [-0.2, 0) is 22.4 Å². The number of aryl methyl sites for hydroxylation is 1. The van der Waals surface area contributed by atoms with E-state index in [0.29, 0.717) is 33.0 Å². The first-order valence-electron chi connectivity index (χ1n) is 11.7. The summed E-state index contributed by atoms with van der Waals surface area (Å²) in [5.74, 6) is 0.326. The number of imidazole rings is 1. The second kappa shape index (κ2) is 9.84. The monoisotopic (exact) mass is 500 g/mol. The lowest BCUT2D eigenvalue weighted by molar-refractivity contribution is -0.123. The standard InChI is InChI=1S/C27H24N4O4S/c1-15(25(32)31-26-20(14-28)19-5-3-4-6-23(19)36-26)35-27(33)17-9-12-21-22(13-17)30-24(29-21)16-7-10-18(34-2)11-8-16/h7-13,15H,3-6H2,1-2H3,(H,29,30)(H,31,32). The van der Waals surface area contributed by atoms with Crippen LogP contribution in [0.4, 0.5) is 5.00 Å². The molecule has 2 aromatic carbocycles. The normalized spacial score (nSPS) is 13.5. The van der Waals surface area contributed by atoms with Crippen LogP contribution in [-0.4, -0.2) is 35.1 Å². The molecular formula is C27H24N4O4S. The number of thiophene rings is 1. The fourth-order valence-corrected chi connectivity index (χ4v) is 5.53. The molecule has 182 valence electrons. The Balaban J connectivity index is 1.28. The molecule has 9 heteroatoms. The number of aromatic nitrogens is 2. The number of nitriles is 1. The predicted octanol–water partition coefficient (Wildman–Crippen LogP) is 5.23. The highest BCUT2D eigenvalue weighted by atomic mass is 32.1. The number of hydrogen-bond acceptors (Lipinski definition) is 7. The van der Waals surface area contributed by atoms with E-state index in [1.54, 1.807) is 25.3 Å². The van der Waals surface area contributed by atoms with Gasteiger partial charge in [-0.3, -0.25) is 4.79 Å². The molecule has 2 aromatic heterocycles. The zero-order valence-electron chi connectivity index (χ0n) is 19.9. The van der Waals surface area contributed by atoms with E-state index in [1.165, 1.54) is 18.3 Å². The molecule has 8 nitrogen and oxygen atoms in total. The number of carbonyl (C=O) groups excluding carboxylic acids is 2. The lowest BCUT2D eigenvalue weighted by atomic mass is 9.96. The highest BCUT2D eigenvalue weighted by Gasteiger charge is 2.25. The Morgan fingerprint density at radius 2 is 1.94 bits per heavy atom. The number of H-pyrrole nitrogens is 1. The molecule has 36 heavy (non-hydrogen) atoms. The van der Waals surface area contributed by atoms with Gasteiger partial charge >= 0.3 is 5.97 Å². The first-order valence-corrected chi connectivity index (χ1v) is 12.5. The number of methoxy groups -OCH3 is 1. The van der Waals surface area contributed by atoms with Crippen LogP contribution in [0.1, 0.15) is 46.1 Å². The van der Waals surface area contributed by atoms with Gasteiger partial charge in [-0.2, -0.15) is 5.26 Å². The zero-order chi connectivity index (χ0) is 25.2. The Hall–Kier alpha value is -4.16. The summed E-state index contributed by atoms with van der Waals surface area (Å²) in [7, 11) is 1.61. The number of hydrogen-bond donors (Lipinski definition) is 2. The van der Waals surface area contributed by atoms with Crippen molar-refractivity contribution in [2.75, 3.05) is 12.4 Å². The Labute approximate surface area is 211 Å². The summed E-state index contributed by atoms with van der Waals surface area (Å²) in [6, 6.07) is 14.7. The molecular weight excluding hydrogens is 476 g/mol. The highest BCUT2D eigenvalue weighted by Crippen LogP contribution is 2.37. The smallest absolute Gasteiger partial charge is 0.338 e. The first kappa shape index (κ1) is 23.6. The summed E-state index contributed by atoms with van der Waals surface area (Å²) in [6.07, 6.45) is 2.87. The molecule has 1 aliphatic rings. The van der Waals surface area contributed by atoms with Gasteiger partial charge in [0.1, 0.15) is 22.6 Å². The van der Waals surface area contributed by atoms with Crippen molar-refractivity contribution in [3.05, 3.63) is 64.0 Å². The Morgan fingerprint density at radius 1 is 1.17 bits per heavy atom. The van der Waals surface area contributed by atoms with Gasteiger partial charge in [0, 0.05) is 10.4 Å². The number of ether oxygens (including phenoxy) is 2. The summed E-state index contributed by atoms with van der Waals surface area (Å²) in [5, 5.41) is 12.9. The lowest BCUT2D eigenvalue weighted by Crippen LogP contribution is -2.30. The lowest BCUT2D eigenvalue weighted by Gasteiger charge is -2.13. The van der Waals surface area contributed by atoms with Crippen LogP contribution in [0, 0.1) is 11.3 Å². The van der Waals surface area contributed by atoms with Gasteiger partial charge in [0.25, 0.3) is 5.91 Å². The van der Waals surface area contributed by atoms with Crippen molar-refractivity contribution >= 4 is 39.2 Å². The van der Waals surface area contributed by atoms with E-state index in [0.717, 1.165) is 47.4 Å². The minimum atomic E-state index is -1.03. The largest absolute Gasteiger partial charge is 0.497 e. The van der Waals surface area contributed by atoms with E-state index >= 15 is 0 Å². The van der Waals surface area contributed by atoms with Gasteiger partial charge in [0.05, 0.1) is 29.3 Å². The SMILES string of the molecule is COc1ccc(-c2nc3ccc(C(=O)OC(C)C(=O)Nc4sc5c(c4C#N)CCCC5)cc3[nH]2)cc1. The third kappa shape index (κ3) is 4.55. The van der Waals surface area contributed by atoms with Crippen molar-refractivity contribution in [2.45, 2.75) is 38.7 Å². The molecule has 1 amide bonds. The highest BCUT2D eigenvalue weighted by molar-refractivity contribution is 7.16. The number of nitrogens with one attached hydrogen (secondary N) is 2. The number of aromatic amines is 1. The van der Waals surface area contributed by atoms with Gasteiger partial charge in [0.15, 0.2) is 6.10 Å². The number of carbonyl (C=O) groups is 2. The van der Waals surface area contributed by atoms with Crippen molar-refractivity contribution < 1.29 is 19.1 Å². The molecule has 1 unspecified atom stereocenters. The molecule has 0 saturated carbocycles. The molecule has 2 heterocycles. The fourth-order valence-electron chi connectivity index (χ4n) is 4.29. The number of rotatable bonds is 6. The molecule has 0 saturated heterocycles. The van der Waals surface area contributed by atoms with Gasteiger partial charge in [-0.25, -0.2) is 9.78 Å². The molecule has 0 aliphatic heterocycles. The Kier molecular flexibility index (Phi) is 6.44. The molecule has 0 bridgehead atoms. The molecule has 4 aromatic rings. The van der Waals surface area contributed by atoms with E-state index in [2.05, 4.69) is 21.4 Å². The van der Waals surface area contributed by atoms with Crippen molar-refractivity contribution in [1.29, 1.82) is 5.26 Å². The van der Waals surface area contributed by atoms with Gasteiger partial charge in [0.2, 0.25) is 0 Å². The van der Waals surface area contributed by atoms with Crippen LogP contribution < -0.4 is 10.1 Å². The van der Waals surface area contributed by atoms with Crippen LogP contribution in [0.2, 0.25) is 0 Å². The van der Waals surface area contributed by atoms with Crippen LogP contribution >= 0.6 is 11.3 Å². The molecule has 0 fully saturated rings. The molecule has 1 atom stereocenters. The van der Waals surface area contributed by atoms with Crippen molar-refractivity contribution in [2.24, 2.45) is 0 Å². The number of anilines is 1. The second-order valence-corrected chi connectivity index (χ2v) is 9.71. The summed E-state index contributed by atoms with van der Waals surface area (Å²) in [6.45, 7) is 1.52. The van der Waals surface area contributed by atoms with Crippen LogP contribution in [0.3, 0.4) is 0 Å². The van der Waals surface area contributed by atoms with Gasteiger partial charge < -0.3 is 19.8 Å². The third-order valence-corrected chi connectivity index (χ3v) is 7.46. The maximum Gasteiger partial charge on any atom is 0.338 e. The zero-order valence-corrected chi connectivity index (χ0v) is 20.7. The number of esters is 1. The molecule has 0 radical (unpaired) electrons. The summed E-state index contributed by atoms with van der Waals surface area (Å²) in [4.78, 5) is 34.5. The van der Waals surface area contributed by atoms with Crippen LogP contribution in [0.15, 0.2) is 42.5 Å². The molecule has 0 spiro atoms. The van der Waals surface area contributed by atoms with E-state index in [1.807, 2.05) is 24.3 Å². The van der Waals surface area contributed by atoms with Gasteiger partial charge in [-0.05, 0) is 80.6 Å². The summed E-state index contributed by atoms with van der Waals surface area (Å²) in [5.41, 5.74) is 4.13. The number of fused-ring (bicyclic) bond motifs is 2. The average Bonchev–Trinajstić information content (AvgIpc) is 3.48. The van der Waals surface area contributed by atoms with Crippen LogP contribution in [0.5, 0.6) is 5.75 Å². The maximum absolute atomic E-state index is 12.8. The van der Waals surface area contributed by atoms with E-state index in [9.17, 15) is 14.9 Å². The van der Waals surface area contributed by atoms with E-state index in [-0.39, 0.29) is 0 Å². The van der Waals surface area contributed by atoms with E-state index < -0.39 is 18.0 Å². The van der Waals surface area contributed by atoms with E-state index in [4.69, 9.17) is 9.47 Å². The van der Waals surface area contributed by atoms with Crippen molar-refractivity contribution in [3.63, 3.8) is 0 Å². The minimum Gasteiger partial charge on any atom is -0.497 e. The Morgan fingerprint density at radius 3 is 2.69 bits per heavy atom. The average molecular weight is 501 g/mol. The predicted molar refractivity (Wildman–Crippen MR) is 137 cm³/mol. The quantitative estimate of drug-likeness (QED) is 0.350.